The summed E-state index contributed by atoms with van der Waals surface area (Å²) in [5.74, 6) is 0. The Balaban J connectivity index is 2.71. The molecule has 0 unspecified atom stereocenters. The molecule has 0 aromatic rings. The van der Waals surface area contributed by atoms with Crippen LogP contribution in [0, 0.1) is 5.41 Å². The molecule has 0 aromatic carbocycles. The molecular formula is C7H15BO3. The SMILES string of the molecule is B[C@@H]1O[C@H](CO)[C@@H](O)C1(C)C. The van der Waals surface area contributed by atoms with Gasteiger partial charge in [-0.2, -0.15) is 0 Å². The molecule has 0 spiro atoms. The summed E-state index contributed by atoms with van der Waals surface area (Å²) >= 11 is 0. The van der Waals surface area contributed by atoms with Crippen molar-refractivity contribution < 1.29 is 14.9 Å². The third-order valence-electron chi connectivity index (χ3n) is 2.72. The summed E-state index contributed by atoms with van der Waals surface area (Å²) in [6.07, 6.45) is -0.956. The fourth-order valence-electron chi connectivity index (χ4n) is 1.37. The van der Waals surface area contributed by atoms with Gasteiger partial charge in [0.1, 0.15) is 14.0 Å². The second kappa shape index (κ2) is 2.77. The number of aliphatic hydroxyl groups excluding tert-OH is 2. The quantitative estimate of drug-likeness (QED) is 0.467. The van der Waals surface area contributed by atoms with Crippen LogP contribution in [0.3, 0.4) is 0 Å². The van der Waals surface area contributed by atoms with Crippen LogP contribution >= 0.6 is 0 Å². The number of aliphatic hydroxyl groups is 2. The maximum atomic E-state index is 9.60. The molecule has 1 rings (SSSR count). The molecule has 2 N–H and O–H groups in total. The van der Waals surface area contributed by atoms with E-state index in [1.165, 1.54) is 0 Å². The van der Waals surface area contributed by atoms with E-state index in [0.29, 0.717) is 0 Å². The lowest BCUT2D eigenvalue weighted by Gasteiger charge is -2.25. The van der Waals surface area contributed by atoms with E-state index in [-0.39, 0.29) is 18.0 Å². The van der Waals surface area contributed by atoms with E-state index in [4.69, 9.17) is 9.84 Å². The van der Waals surface area contributed by atoms with E-state index in [1.807, 2.05) is 21.7 Å². The van der Waals surface area contributed by atoms with Gasteiger partial charge in [-0.05, 0) is 0 Å². The van der Waals surface area contributed by atoms with Crippen molar-refractivity contribution in [3.8, 4) is 0 Å². The summed E-state index contributed by atoms with van der Waals surface area (Å²) in [6.45, 7) is 3.78. The van der Waals surface area contributed by atoms with Crippen LogP contribution in [0.1, 0.15) is 13.8 Å². The predicted octanol–water partition coefficient (Wildman–Crippen LogP) is -1.28. The fourth-order valence-corrected chi connectivity index (χ4v) is 1.37. The second-order valence-corrected chi connectivity index (χ2v) is 3.77. The molecule has 3 nitrogen and oxygen atoms in total. The van der Waals surface area contributed by atoms with Gasteiger partial charge in [-0.25, -0.2) is 0 Å². The zero-order valence-electron chi connectivity index (χ0n) is 7.24. The molecule has 0 saturated carbocycles. The largest absolute Gasteiger partial charge is 0.394 e. The maximum Gasteiger partial charge on any atom is 0.140 e. The highest BCUT2D eigenvalue weighted by molar-refractivity contribution is 6.11. The van der Waals surface area contributed by atoms with Gasteiger partial charge >= 0.3 is 0 Å². The minimum Gasteiger partial charge on any atom is -0.394 e. The summed E-state index contributed by atoms with van der Waals surface area (Å²) in [5.41, 5.74) is -0.243. The molecule has 4 heteroatoms. The molecule has 1 heterocycles. The van der Waals surface area contributed by atoms with Gasteiger partial charge in [0.15, 0.2) is 0 Å². The van der Waals surface area contributed by atoms with E-state index in [1.54, 1.807) is 0 Å². The highest BCUT2D eigenvalue weighted by Gasteiger charge is 2.46. The van der Waals surface area contributed by atoms with Crippen molar-refractivity contribution in [3.05, 3.63) is 0 Å². The van der Waals surface area contributed by atoms with Crippen LogP contribution in [0.15, 0.2) is 0 Å². The first-order valence-corrected chi connectivity index (χ1v) is 3.94. The molecule has 0 radical (unpaired) electrons. The van der Waals surface area contributed by atoms with Crippen LogP contribution < -0.4 is 0 Å². The molecule has 0 aliphatic carbocycles. The normalized spacial score (nSPS) is 42.7. The van der Waals surface area contributed by atoms with Gasteiger partial charge in [-0.3, -0.25) is 0 Å². The predicted molar refractivity (Wildman–Crippen MR) is 44.1 cm³/mol. The van der Waals surface area contributed by atoms with E-state index in [9.17, 15) is 5.11 Å². The van der Waals surface area contributed by atoms with Crippen molar-refractivity contribution >= 4 is 7.85 Å². The van der Waals surface area contributed by atoms with Crippen molar-refractivity contribution in [2.75, 3.05) is 6.61 Å². The van der Waals surface area contributed by atoms with E-state index in [2.05, 4.69) is 0 Å². The fraction of sp³-hybridized carbons (Fsp3) is 1.00. The first-order valence-electron chi connectivity index (χ1n) is 3.94. The Labute approximate surface area is 67.8 Å². The van der Waals surface area contributed by atoms with Crippen molar-refractivity contribution in [2.24, 2.45) is 5.41 Å². The molecule has 0 aromatic heterocycles. The smallest absolute Gasteiger partial charge is 0.140 e. The molecule has 0 bridgehead atoms. The monoisotopic (exact) mass is 158 g/mol. The lowest BCUT2D eigenvalue weighted by molar-refractivity contribution is -0.00712. The average molecular weight is 158 g/mol. The van der Waals surface area contributed by atoms with Crippen LogP contribution in [0.4, 0.5) is 0 Å². The van der Waals surface area contributed by atoms with E-state index < -0.39 is 12.2 Å². The Kier molecular flexibility index (Phi) is 2.28. The van der Waals surface area contributed by atoms with Crippen LogP contribution in [-0.4, -0.2) is 42.9 Å². The van der Waals surface area contributed by atoms with Gasteiger partial charge in [-0.15, -0.1) is 0 Å². The molecule has 1 saturated heterocycles. The Hall–Kier alpha value is -0.0551. The number of ether oxygens (including phenoxy) is 1. The van der Waals surface area contributed by atoms with Crippen LogP contribution in [0.2, 0.25) is 0 Å². The van der Waals surface area contributed by atoms with Crippen molar-refractivity contribution in [1.29, 1.82) is 0 Å². The highest BCUT2D eigenvalue weighted by Crippen LogP contribution is 2.36. The first-order chi connectivity index (χ1) is 5.00. The molecule has 3 atom stereocenters. The lowest BCUT2D eigenvalue weighted by Crippen LogP contribution is -2.36. The summed E-state index contributed by atoms with van der Waals surface area (Å²) in [7, 11) is 1.92. The summed E-state index contributed by atoms with van der Waals surface area (Å²) in [5, 5.41) is 18.4. The lowest BCUT2D eigenvalue weighted by atomic mass is 9.73. The summed E-state index contributed by atoms with van der Waals surface area (Å²) in [6, 6.07) is 0.00894. The van der Waals surface area contributed by atoms with Crippen molar-refractivity contribution in [2.45, 2.75) is 32.1 Å². The summed E-state index contributed by atoms with van der Waals surface area (Å²) < 4.78 is 5.34. The van der Waals surface area contributed by atoms with Gasteiger partial charge in [0, 0.05) is 11.4 Å². The minimum absolute atomic E-state index is 0.00894. The van der Waals surface area contributed by atoms with Crippen LogP contribution in [0.5, 0.6) is 0 Å². The van der Waals surface area contributed by atoms with Crippen molar-refractivity contribution in [1.82, 2.24) is 0 Å². The van der Waals surface area contributed by atoms with Gasteiger partial charge in [0.2, 0.25) is 0 Å². The zero-order chi connectivity index (χ0) is 8.65. The molecule has 1 aliphatic rings. The number of hydrogen-bond acceptors (Lipinski definition) is 3. The minimum atomic E-state index is -0.553. The van der Waals surface area contributed by atoms with Crippen LogP contribution in [-0.2, 0) is 4.74 Å². The Morgan fingerprint density at radius 2 is 2.09 bits per heavy atom. The zero-order valence-corrected chi connectivity index (χ0v) is 7.24. The third-order valence-corrected chi connectivity index (χ3v) is 2.72. The summed E-state index contributed by atoms with van der Waals surface area (Å²) in [4.78, 5) is 0. The molecular weight excluding hydrogens is 143 g/mol. The number of hydrogen-bond donors (Lipinski definition) is 2. The van der Waals surface area contributed by atoms with Crippen molar-refractivity contribution in [3.63, 3.8) is 0 Å². The Morgan fingerprint density at radius 3 is 2.27 bits per heavy atom. The maximum absolute atomic E-state index is 9.60. The van der Waals surface area contributed by atoms with E-state index in [0.717, 1.165) is 0 Å². The van der Waals surface area contributed by atoms with E-state index >= 15 is 0 Å². The van der Waals surface area contributed by atoms with Gasteiger partial charge < -0.3 is 14.9 Å². The first kappa shape index (κ1) is 9.04. The van der Waals surface area contributed by atoms with Gasteiger partial charge in [0.25, 0.3) is 0 Å². The third kappa shape index (κ3) is 1.30. The topological polar surface area (TPSA) is 49.7 Å². The highest BCUT2D eigenvalue weighted by atomic mass is 16.5. The second-order valence-electron chi connectivity index (χ2n) is 3.77. The molecule has 1 aliphatic heterocycles. The van der Waals surface area contributed by atoms with Crippen LogP contribution in [0.25, 0.3) is 0 Å². The average Bonchev–Trinajstić information content (AvgIpc) is 2.14. The Bertz CT molecular complexity index is 149. The number of rotatable bonds is 1. The molecule has 64 valence electrons. The van der Waals surface area contributed by atoms with Gasteiger partial charge in [-0.1, -0.05) is 13.8 Å². The molecule has 11 heavy (non-hydrogen) atoms. The molecule has 1 fully saturated rings. The standard InChI is InChI=1S/C7H15BO3/c1-7(2)5(10)4(3-9)11-6(7)8/h4-6,9-10H,3,8H2,1-2H3/t4-,5-,6-/m1/s1. The molecule has 0 amide bonds. The van der Waals surface area contributed by atoms with Gasteiger partial charge in [0.05, 0.1) is 12.7 Å². The Morgan fingerprint density at radius 1 is 1.55 bits per heavy atom.